The summed E-state index contributed by atoms with van der Waals surface area (Å²) in [6.45, 7) is 0. The second kappa shape index (κ2) is 3.93. The normalized spacial score (nSPS) is 18.9. The van der Waals surface area contributed by atoms with E-state index < -0.39 is 17.9 Å². The molecule has 1 aliphatic heterocycles. The summed E-state index contributed by atoms with van der Waals surface area (Å²) in [5.74, 6) is -1.45. The molecular formula is C16H10O4. The lowest BCUT2D eigenvalue weighted by atomic mass is 9.90. The highest BCUT2D eigenvalue weighted by atomic mass is 16.6. The Morgan fingerprint density at radius 3 is 2.55 bits per heavy atom. The zero-order chi connectivity index (χ0) is 13.7. The minimum Gasteiger partial charge on any atom is -0.471 e. The van der Waals surface area contributed by atoms with Gasteiger partial charge in [-0.25, -0.2) is 0 Å². The summed E-state index contributed by atoms with van der Waals surface area (Å²) in [5, 5.41) is 3.90. The van der Waals surface area contributed by atoms with Gasteiger partial charge >= 0.3 is 11.9 Å². The summed E-state index contributed by atoms with van der Waals surface area (Å²) in [6, 6.07) is 9.70. The van der Waals surface area contributed by atoms with Crippen LogP contribution >= 0.6 is 0 Å². The smallest absolute Gasteiger partial charge is 0.321 e. The zero-order valence-corrected chi connectivity index (χ0v) is 10.5. The maximum Gasteiger partial charge on any atom is 0.321 e. The number of cyclic esters (lactones) is 2. The third kappa shape index (κ3) is 1.48. The van der Waals surface area contributed by atoms with Crippen LogP contribution in [0.1, 0.15) is 17.9 Å². The molecule has 0 bridgehead atoms. The summed E-state index contributed by atoms with van der Waals surface area (Å²) < 4.78 is 9.92. The number of hydrogen-bond acceptors (Lipinski definition) is 4. The van der Waals surface area contributed by atoms with Crippen molar-refractivity contribution >= 4 is 33.5 Å². The van der Waals surface area contributed by atoms with Crippen LogP contribution in [-0.2, 0) is 14.3 Å². The highest BCUT2D eigenvalue weighted by Gasteiger charge is 2.35. The van der Waals surface area contributed by atoms with Gasteiger partial charge < -0.3 is 9.15 Å². The van der Waals surface area contributed by atoms with Gasteiger partial charge in [-0.15, -0.1) is 0 Å². The summed E-state index contributed by atoms with van der Waals surface area (Å²) in [7, 11) is 0. The molecule has 1 saturated heterocycles. The van der Waals surface area contributed by atoms with Crippen molar-refractivity contribution in [1.82, 2.24) is 0 Å². The van der Waals surface area contributed by atoms with Gasteiger partial charge in [0.15, 0.2) is 0 Å². The van der Waals surface area contributed by atoms with Gasteiger partial charge in [-0.05, 0) is 22.4 Å². The predicted octanol–water partition coefficient (Wildman–Crippen LogP) is 3.14. The molecule has 20 heavy (non-hydrogen) atoms. The van der Waals surface area contributed by atoms with Crippen LogP contribution in [-0.4, -0.2) is 11.9 Å². The number of hydrogen-bond donors (Lipinski definition) is 0. The molecule has 4 rings (SSSR count). The van der Waals surface area contributed by atoms with Crippen molar-refractivity contribution in [2.24, 2.45) is 0 Å². The Balaban J connectivity index is 2.06. The average molecular weight is 266 g/mol. The number of carbonyl (C=O) groups is 2. The molecule has 1 aromatic heterocycles. The van der Waals surface area contributed by atoms with Gasteiger partial charge in [0.2, 0.25) is 0 Å². The van der Waals surface area contributed by atoms with E-state index in [1.54, 1.807) is 12.5 Å². The molecule has 1 fully saturated rings. The molecule has 2 heterocycles. The van der Waals surface area contributed by atoms with E-state index in [0.717, 1.165) is 27.1 Å². The minimum atomic E-state index is -0.522. The van der Waals surface area contributed by atoms with Crippen LogP contribution in [0.2, 0.25) is 0 Å². The Morgan fingerprint density at radius 2 is 1.80 bits per heavy atom. The molecule has 1 atom stereocenters. The van der Waals surface area contributed by atoms with Crippen molar-refractivity contribution in [1.29, 1.82) is 0 Å². The Morgan fingerprint density at radius 1 is 1.00 bits per heavy atom. The van der Waals surface area contributed by atoms with Crippen molar-refractivity contribution in [3.63, 3.8) is 0 Å². The molecule has 2 aromatic carbocycles. The predicted molar refractivity (Wildman–Crippen MR) is 72.2 cm³/mol. The molecule has 0 aliphatic carbocycles. The summed E-state index contributed by atoms with van der Waals surface area (Å²) in [5.41, 5.74) is 0.824. The molecule has 4 heteroatoms. The number of esters is 2. The van der Waals surface area contributed by atoms with Gasteiger partial charge in [-0.1, -0.05) is 24.3 Å². The third-order valence-corrected chi connectivity index (χ3v) is 3.78. The van der Waals surface area contributed by atoms with Gasteiger partial charge in [0.25, 0.3) is 0 Å². The van der Waals surface area contributed by atoms with Crippen molar-refractivity contribution in [3.8, 4) is 0 Å². The molecular weight excluding hydrogens is 256 g/mol. The van der Waals surface area contributed by atoms with Gasteiger partial charge in [0, 0.05) is 10.8 Å². The van der Waals surface area contributed by atoms with Crippen LogP contribution < -0.4 is 0 Å². The first-order chi connectivity index (χ1) is 9.74. The van der Waals surface area contributed by atoms with E-state index in [9.17, 15) is 9.59 Å². The molecule has 3 aromatic rings. The number of furan rings is 1. The summed E-state index contributed by atoms with van der Waals surface area (Å²) >= 11 is 0. The Kier molecular flexibility index (Phi) is 2.21. The first kappa shape index (κ1) is 11.2. The Hall–Kier alpha value is -2.62. The van der Waals surface area contributed by atoms with Crippen LogP contribution in [0.25, 0.3) is 21.5 Å². The fourth-order valence-electron chi connectivity index (χ4n) is 2.85. The van der Waals surface area contributed by atoms with Gasteiger partial charge in [0.05, 0.1) is 24.9 Å². The Bertz CT molecular complexity index is 859. The van der Waals surface area contributed by atoms with E-state index in [-0.39, 0.29) is 6.42 Å². The van der Waals surface area contributed by atoms with Crippen molar-refractivity contribution in [2.45, 2.75) is 12.3 Å². The third-order valence-electron chi connectivity index (χ3n) is 3.78. The first-order valence-electron chi connectivity index (χ1n) is 6.36. The molecule has 0 amide bonds. The van der Waals surface area contributed by atoms with Crippen LogP contribution in [0.5, 0.6) is 0 Å². The lowest BCUT2D eigenvalue weighted by Crippen LogP contribution is -2.06. The van der Waals surface area contributed by atoms with E-state index >= 15 is 0 Å². The van der Waals surface area contributed by atoms with E-state index in [0.29, 0.717) is 0 Å². The van der Waals surface area contributed by atoms with Gasteiger partial charge in [-0.2, -0.15) is 0 Å². The quantitative estimate of drug-likeness (QED) is 0.501. The SMILES string of the molecule is O=C1CC(c2cc3cocc3c3ccccc23)C(=O)O1. The maximum atomic E-state index is 11.8. The summed E-state index contributed by atoms with van der Waals surface area (Å²) in [6.07, 6.45) is 3.44. The molecule has 0 radical (unpaired) electrons. The van der Waals surface area contributed by atoms with E-state index in [2.05, 4.69) is 4.74 Å². The fourth-order valence-corrected chi connectivity index (χ4v) is 2.85. The number of benzene rings is 2. The van der Waals surface area contributed by atoms with E-state index in [1.165, 1.54) is 0 Å². The number of ether oxygens (including phenoxy) is 1. The van der Waals surface area contributed by atoms with E-state index in [4.69, 9.17) is 4.42 Å². The molecule has 1 unspecified atom stereocenters. The van der Waals surface area contributed by atoms with Crippen LogP contribution in [0, 0.1) is 0 Å². The molecule has 0 spiro atoms. The molecule has 0 saturated carbocycles. The molecule has 98 valence electrons. The minimum absolute atomic E-state index is 0.103. The first-order valence-corrected chi connectivity index (χ1v) is 6.36. The van der Waals surface area contributed by atoms with Gasteiger partial charge in [0.1, 0.15) is 0 Å². The number of carbonyl (C=O) groups excluding carboxylic acids is 2. The standard InChI is InChI=1S/C16H10O4/c17-15-6-13(16(18)20-15)12-5-9-7-19-8-14(9)11-4-2-1-3-10(11)12/h1-5,7-8,13H,6H2. The molecule has 1 aliphatic rings. The van der Waals surface area contributed by atoms with E-state index in [1.807, 2.05) is 30.3 Å². The van der Waals surface area contributed by atoms with Crippen LogP contribution in [0.3, 0.4) is 0 Å². The molecule has 0 N–H and O–H groups in total. The zero-order valence-electron chi connectivity index (χ0n) is 10.5. The topological polar surface area (TPSA) is 56.5 Å². The number of fused-ring (bicyclic) bond motifs is 3. The van der Waals surface area contributed by atoms with Crippen molar-refractivity contribution in [3.05, 3.63) is 48.4 Å². The number of rotatable bonds is 1. The van der Waals surface area contributed by atoms with Crippen LogP contribution in [0.4, 0.5) is 0 Å². The fraction of sp³-hybridized carbons (Fsp3) is 0.125. The second-order valence-corrected chi connectivity index (χ2v) is 4.94. The summed E-state index contributed by atoms with van der Waals surface area (Å²) in [4.78, 5) is 23.2. The highest BCUT2D eigenvalue weighted by Crippen LogP contribution is 2.37. The van der Waals surface area contributed by atoms with Crippen molar-refractivity contribution in [2.75, 3.05) is 0 Å². The Labute approximate surface area is 113 Å². The lowest BCUT2D eigenvalue weighted by molar-refractivity contribution is -0.152. The lowest BCUT2D eigenvalue weighted by Gasteiger charge is -2.10. The second-order valence-electron chi connectivity index (χ2n) is 4.94. The highest BCUT2D eigenvalue weighted by molar-refractivity contribution is 6.11. The molecule has 4 nitrogen and oxygen atoms in total. The maximum absolute atomic E-state index is 11.8. The monoisotopic (exact) mass is 266 g/mol. The van der Waals surface area contributed by atoms with Crippen molar-refractivity contribution < 1.29 is 18.7 Å². The van der Waals surface area contributed by atoms with Gasteiger partial charge in [-0.3, -0.25) is 9.59 Å². The van der Waals surface area contributed by atoms with Crippen LogP contribution in [0.15, 0.2) is 47.3 Å². The largest absolute Gasteiger partial charge is 0.471 e. The average Bonchev–Trinajstić information content (AvgIpc) is 3.04.